The van der Waals surface area contributed by atoms with Crippen LogP contribution in [0.5, 0.6) is 0 Å². The number of rotatable bonds is 5. The molecule has 23 heavy (non-hydrogen) atoms. The molecule has 0 bridgehead atoms. The van der Waals surface area contributed by atoms with E-state index in [0.29, 0.717) is 12.0 Å². The van der Waals surface area contributed by atoms with Crippen molar-refractivity contribution in [1.82, 2.24) is 0 Å². The molecule has 2 rings (SSSR count). The Balaban J connectivity index is 2.41. The van der Waals surface area contributed by atoms with E-state index in [1.807, 2.05) is 18.2 Å². The van der Waals surface area contributed by atoms with Gasteiger partial charge in [-0.15, -0.1) is 0 Å². The maximum Gasteiger partial charge on any atom is 0.100 e. The summed E-state index contributed by atoms with van der Waals surface area (Å²) in [4.78, 5) is 0. The number of hydrogen-bond acceptors (Lipinski definition) is 3. The third-order valence-electron chi connectivity index (χ3n) is 3.85. The lowest BCUT2D eigenvalue weighted by atomic mass is 9.92. The van der Waals surface area contributed by atoms with E-state index in [4.69, 9.17) is 11.5 Å². The number of benzene rings is 2. The Kier molecular flexibility index (Phi) is 5.60. The summed E-state index contributed by atoms with van der Waals surface area (Å²) in [6.07, 6.45) is 6.34. The number of nitrogens with zero attached hydrogens (tertiary/aromatic N) is 1. The number of nitrogens with two attached hydrogens (primary N) is 2. The fourth-order valence-corrected chi connectivity index (χ4v) is 2.57. The first-order valence-electron chi connectivity index (χ1n) is 7.63. The molecule has 0 aromatic heterocycles. The van der Waals surface area contributed by atoms with Crippen LogP contribution in [0.3, 0.4) is 0 Å². The van der Waals surface area contributed by atoms with Gasteiger partial charge in [0.05, 0.1) is 5.56 Å². The van der Waals surface area contributed by atoms with Crippen molar-refractivity contribution >= 4 is 5.57 Å². The lowest BCUT2D eigenvalue weighted by Crippen LogP contribution is -1.99. The summed E-state index contributed by atoms with van der Waals surface area (Å²) >= 11 is 0. The highest BCUT2D eigenvalue weighted by molar-refractivity contribution is 5.78. The minimum atomic E-state index is 0.641. The average molecular weight is 303 g/mol. The molecule has 0 fully saturated rings. The Morgan fingerprint density at radius 1 is 1.09 bits per heavy atom. The van der Waals surface area contributed by atoms with Crippen LogP contribution < -0.4 is 11.5 Å². The predicted octanol–water partition coefficient (Wildman–Crippen LogP) is 3.48. The summed E-state index contributed by atoms with van der Waals surface area (Å²) in [5.74, 6) is 0. The van der Waals surface area contributed by atoms with E-state index in [0.717, 1.165) is 23.1 Å². The smallest absolute Gasteiger partial charge is 0.100 e. The summed E-state index contributed by atoms with van der Waals surface area (Å²) in [5, 5.41) is 9.60. The lowest BCUT2D eigenvalue weighted by Gasteiger charge is -2.10. The maximum atomic E-state index is 9.60. The zero-order valence-electron chi connectivity index (χ0n) is 13.3. The van der Waals surface area contributed by atoms with Gasteiger partial charge in [-0.3, -0.25) is 0 Å². The summed E-state index contributed by atoms with van der Waals surface area (Å²) in [6.45, 7) is 2.14. The molecule has 0 aliphatic heterocycles. The summed E-state index contributed by atoms with van der Waals surface area (Å²) < 4.78 is 0. The highest BCUT2D eigenvalue weighted by Gasteiger charge is 2.11. The fourth-order valence-electron chi connectivity index (χ4n) is 2.57. The SMILES string of the molecule is CCc1ccc(Cc2cccc(C(/C=C\N)=C/N)c2C#N)cc1. The Morgan fingerprint density at radius 2 is 1.78 bits per heavy atom. The largest absolute Gasteiger partial charge is 0.405 e. The Hall–Kier alpha value is -2.99. The molecular formula is C20H21N3. The molecule has 0 aliphatic rings. The molecule has 0 saturated heterocycles. The van der Waals surface area contributed by atoms with Crippen LogP contribution in [0.4, 0.5) is 0 Å². The quantitative estimate of drug-likeness (QED) is 0.830. The van der Waals surface area contributed by atoms with Crippen LogP contribution in [-0.4, -0.2) is 0 Å². The standard InChI is InChI=1S/C20H21N3/c1-2-15-6-8-16(9-7-15)12-17-4-3-5-19(20(17)14-23)18(13-22)10-11-21/h3-11,13H,2,12,21-22H2,1H3/b11-10-,18-13+. The van der Waals surface area contributed by atoms with Gasteiger partial charge in [-0.05, 0) is 47.4 Å². The van der Waals surface area contributed by atoms with E-state index in [-0.39, 0.29) is 0 Å². The van der Waals surface area contributed by atoms with E-state index in [1.54, 1.807) is 6.08 Å². The molecule has 0 amide bonds. The van der Waals surface area contributed by atoms with Crippen molar-refractivity contribution in [3.8, 4) is 6.07 Å². The minimum Gasteiger partial charge on any atom is -0.405 e. The van der Waals surface area contributed by atoms with E-state index in [2.05, 4.69) is 37.3 Å². The molecule has 2 aromatic carbocycles. The van der Waals surface area contributed by atoms with Gasteiger partial charge in [-0.25, -0.2) is 0 Å². The number of hydrogen-bond donors (Lipinski definition) is 2. The van der Waals surface area contributed by atoms with Crippen LogP contribution >= 0.6 is 0 Å². The van der Waals surface area contributed by atoms with Crippen molar-refractivity contribution in [3.63, 3.8) is 0 Å². The number of aryl methyl sites for hydroxylation is 1. The maximum absolute atomic E-state index is 9.60. The van der Waals surface area contributed by atoms with Gasteiger partial charge in [-0.1, -0.05) is 49.4 Å². The summed E-state index contributed by atoms with van der Waals surface area (Å²) in [5.41, 5.74) is 16.8. The van der Waals surface area contributed by atoms with Crippen LogP contribution in [0, 0.1) is 11.3 Å². The van der Waals surface area contributed by atoms with Gasteiger partial charge in [0.25, 0.3) is 0 Å². The highest BCUT2D eigenvalue weighted by atomic mass is 14.5. The molecule has 3 nitrogen and oxygen atoms in total. The average Bonchev–Trinajstić information content (AvgIpc) is 2.60. The topological polar surface area (TPSA) is 75.8 Å². The predicted molar refractivity (Wildman–Crippen MR) is 95.3 cm³/mol. The van der Waals surface area contributed by atoms with Gasteiger partial charge >= 0.3 is 0 Å². The van der Waals surface area contributed by atoms with Gasteiger partial charge in [0.15, 0.2) is 0 Å². The molecule has 0 spiro atoms. The molecule has 0 saturated carbocycles. The van der Waals surface area contributed by atoms with Crippen molar-refractivity contribution < 1.29 is 0 Å². The first kappa shape index (κ1) is 16.4. The van der Waals surface area contributed by atoms with Gasteiger partial charge < -0.3 is 11.5 Å². The van der Waals surface area contributed by atoms with Crippen LogP contribution in [0.1, 0.15) is 34.7 Å². The van der Waals surface area contributed by atoms with Crippen LogP contribution in [0.15, 0.2) is 60.9 Å². The third-order valence-corrected chi connectivity index (χ3v) is 3.85. The first-order chi connectivity index (χ1) is 11.2. The van der Waals surface area contributed by atoms with E-state index >= 15 is 0 Å². The zero-order chi connectivity index (χ0) is 16.7. The normalized spacial score (nSPS) is 11.6. The molecule has 0 heterocycles. The third kappa shape index (κ3) is 3.81. The van der Waals surface area contributed by atoms with Gasteiger partial charge in [0.2, 0.25) is 0 Å². The molecule has 116 valence electrons. The van der Waals surface area contributed by atoms with E-state index in [9.17, 15) is 5.26 Å². The van der Waals surface area contributed by atoms with E-state index in [1.165, 1.54) is 23.5 Å². The monoisotopic (exact) mass is 303 g/mol. The Labute approximate surface area is 137 Å². The fraction of sp³-hybridized carbons (Fsp3) is 0.150. The zero-order valence-corrected chi connectivity index (χ0v) is 13.3. The molecule has 2 aromatic rings. The second-order valence-corrected chi connectivity index (χ2v) is 5.28. The van der Waals surface area contributed by atoms with Crippen molar-refractivity contribution in [1.29, 1.82) is 5.26 Å². The van der Waals surface area contributed by atoms with Crippen LogP contribution in [-0.2, 0) is 12.8 Å². The minimum absolute atomic E-state index is 0.641. The molecule has 0 radical (unpaired) electrons. The number of nitriles is 1. The molecular weight excluding hydrogens is 282 g/mol. The van der Waals surface area contributed by atoms with Crippen molar-refractivity contribution in [2.75, 3.05) is 0 Å². The molecule has 0 aliphatic carbocycles. The van der Waals surface area contributed by atoms with Crippen LogP contribution in [0.2, 0.25) is 0 Å². The summed E-state index contributed by atoms with van der Waals surface area (Å²) in [6, 6.07) is 16.6. The van der Waals surface area contributed by atoms with Crippen molar-refractivity contribution in [2.24, 2.45) is 11.5 Å². The van der Waals surface area contributed by atoms with E-state index < -0.39 is 0 Å². The lowest BCUT2D eigenvalue weighted by molar-refractivity contribution is 1.11. The molecule has 4 N–H and O–H groups in total. The summed E-state index contributed by atoms with van der Waals surface area (Å²) in [7, 11) is 0. The van der Waals surface area contributed by atoms with Gasteiger partial charge in [-0.2, -0.15) is 5.26 Å². The van der Waals surface area contributed by atoms with Crippen molar-refractivity contribution in [3.05, 3.63) is 88.8 Å². The van der Waals surface area contributed by atoms with Crippen molar-refractivity contribution in [2.45, 2.75) is 19.8 Å². The van der Waals surface area contributed by atoms with Crippen LogP contribution in [0.25, 0.3) is 5.57 Å². The first-order valence-corrected chi connectivity index (χ1v) is 7.63. The Morgan fingerprint density at radius 3 is 2.35 bits per heavy atom. The number of allylic oxidation sites excluding steroid dienone is 2. The second-order valence-electron chi connectivity index (χ2n) is 5.28. The Bertz CT molecular complexity index is 762. The van der Waals surface area contributed by atoms with Gasteiger partial charge in [0, 0.05) is 11.8 Å². The molecule has 0 atom stereocenters. The highest BCUT2D eigenvalue weighted by Crippen LogP contribution is 2.24. The van der Waals surface area contributed by atoms with Gasteiger partial charge in [0.1, 0.15) is 6.07 Å². The molecule has 3 heteroatoms. The second kappa shape index (κ2) is 7.86. The molecule has 0 unspecified atom stereocenters.